The molecule has 28 heavy (non-hydrogen) atoms. The maximum absolute atomic E-state index is 8.84. The number of allylic oxidation sites excluding steroid dienone is 1. The Morgan fingerprint density at radius 2 is 1.61 bits per heavy atom. The number of pyridine rings is 2. The first-order chi connectivity index (χ1) is 13.2. The van der Waals surface area contributed by atoms with Crippen LogP contribution in [0, 0.1) is 22.7 Å². The van der Waals surface area contributed by atoms with Crippen LogP contribution >= 0.6 is 0 Å². The summed E-state index contributed by atoms with van der Waals surface area (Å²) in [7, 11) is 0. The monoisotopic (exact) mass is 476 g/mol. The zero-order valence-electron chi connectivity index (χ0n) is 15.1. The van der Waals surface area contributed by atoms with Crippen LogP contribution in [-0.2, 0) is 6.54 Å². The van der Waals surface area contributed by atoms with Gasteiger partial charge in [-0.15, -0.1) is 0 Å². The number of nitrogens with zero attached hydrogens (tertiary/aromatic N) is 4. The molecule has 0 spiro atoms. The van der Waals surface area contributed by atoms with Crippen LogP contribution in [-0.4, -0.2) is 4.98 Å². The van der Waals surface area contributed by atoms with E-state index in [1.165, 1.54) is 0 Å². The highest BCUT2D eigenvalue weighted by molar-refractivity contribution is 5.79. The molecule has 0 fully saturated rings. The summed E-state index contributed by atoms with van der Waals surface area (Å²) in [6.45, 7) is 4.48. The zero-order valence-corrected chi connectivity index (χ0v) is 17.2. The van der Waals surface area contributed by atoms with Crippen molar-refractivity contribution in [1.29, 1.82) is 10.5 Å². The topological polar surface area (TPSA) is 64.3 Å². The molecule has 5 heteroatoms. The summed E-state index contributed by atoms with van der Waals surface area (Å²) in [4.78, 5) is 4.14. The first kappa shape index (κ1) is 21.0. The van der Waals surface area contributed by atoms with E-state index >= 15 is 0 Å². The Kier molecular flexibility index (Phi) is 7.62. The predicted molar refractivity (Wildman–Crippen MR) is 106 cm³/mol. The SMILES string of the molecule is C=CC[n+]1cccc2ccc(C#N)cc21.N#Cc1ccc2cccnc2c1.[I-]. The maximum atomic E-state index is 8.84. The first-order valence-corrected chi connectivity index (χ1v) is 8.43. The van der Waals surface area contributed by atoms with Crippen LogP contribution < -0.4 is 28.5 Å². The minimum atomic E-state index is 0. The van der Waals surface area contributed by atoms with Crippen molar-refractivity contribution in [2.24, 2.45) is 0 Å². The average Bonchev–Trinajstić information content (AvgIpc) is 2.74. The van der Waals surface area contributed by atoms with Gasteiger partial charge in [0.25, 0.3) is 0 Å². The Balaban J connectivity index is 0.000000198. The van der Waals surface area contributed by atoms with Crippen LogP contribution in [0.15, 0.2) is 85.7 Å². The molecule has 2 aromatic heterocycles. The van der Waals surface area contributed by atoms with Crippen LogP contribution in [0.4, 0.5) is 0 Å². The second-order valence-electron chi connectivity index (χ2n) is 5.86. The van der Waals surface area contributed by atoms with Crippen molar-refractivity contribution in [3.05, 3.63) is 96.8 Å². The lowest BCUT2D eigenvalue weighted by Gasteiger charge is -1.98. The molecule has 0 radical (unpaired) electrons. The number of halogens is 1. The van der Waals surface area contributed by atoms with Crippen LogP contribution in [0.5, 0.6) is 0 Å². The fraction of sp³-hybridized carbons (Fsp3) is 0.0435. The van der Waals surface area contributed by atoms with Gasteiger partial charge in [-0.2, -0.15) is 15.1 Å². The third-order valence-corrected chi connectivity index (χ3v) is 4.07. The summed E-state index contributed by atoms with van der Waals surface area (Å²) in [6, 6.07) is 23.3. The molecular weight excluding hydrogens is 459 g/mol. The van der Waals surface area contributed by atoms with E-state index in [4.69, 9.17) is 10.5 Å². The standard InChI is InChI=1S/C13H11N2.C10H6N2.HI/c1-2-7-15-8-3-4-12-6-5-11(10-14)9-13(12)15;11-7-8-3-4-9-2-1-5-12-10(9)6-8;/h2-6,8-9H,1,7H2;1-6H;1H/q+1;;/p-1. The summed E-state index contributed by atoms with van der Waals surface area (Å²) in [5.74, 6) is 0. The van der Waals surface area contributed by atoms with Crippen LogP contribution in [0.25, 0.3) is 21.8 Å². The van der Waals surface area contributed by atoms with E-state index in [0.717, 1.165) is 28.4 Å². The van der Waals surface area contributed by atoms with Gasteiger partial charge in [-0.05, 0) is 42.5 Å². The summed E-state index contributed by atoms with van der Waals surface area (Å²) < 4.78 is 2.07. The number of aromatic nitrogens is 2. The zero-order chi connectivity index (χ0) is 19.1. The van der Waals surface area contributed by atoms with Gasteiger partial charge in [-0.1, -0.05) is 18.7 Å². The Morgan fingerprint density at radius 3 is 2.32 bits per heavy atom. The minimum Gasteiger partial charge on any atom is -1.00 e. The fourth-order valence-corrected chi connectivity index (χ4v) is 2.77. The highest BCUT2D eigenvalue weighted by Crippen LogP contribution is 2.12. The van der Waals surface area contributed by atoms with Crippen LogP contribution in [0.1, 0.15) is 11.1 Å². The second kappa shape index (κ2) is 10.1. The summed E-state index contributed by atoms with van der Waals surface area (Å²) in [6.07, 6.45) is 5.56. The van der Waals surface area contributed by atoms with Crippen molar-refractivity contribution in [1.82, 2.24) is 4.98 Å². The van der Waals surface area contributed by atoms with E-state index < -0.39 is 0 Å². The highest BCUT2D eigenvalue weighted by atomic mass is 127. The molecule has 2 aromatic carbocycles. The van der Waals surface area contributed by atoms with E-state index in [9.17, 15) is 0 Å². The largest absolute Gasteiger partial charge is 1.00 e. The van der Waals surface area contributed by atoms with Gasteiger partial charge >= 0.3 is 0 Å². The van der Waals surface area contributed by atoms with Gasteiger partial charge in [0.1, 0.15) is 0 Å². The Labute approximate surface area is 181 Å². The lowest BCUT2D eigenvalue weighted by Crippen LogP contribution is -3.00. The van der Waals surface area contributed by atoms with Gasteiger partial charge in [0.15, 0.2) is 12.7 Å². The smallest absolute Gasteiger partial charge is 0.214 e. The van der Waals surface area contributed by atoms with E-state index in [1.54, 1.807) is 18.3 Å². The molecule has 4 aromatic rings. The molecule has 0 aliphatic rings. The molecule has 0 bridgehead atoms. The van der Waals surface area contributed by atoms with Crippen LogP contribution in [0.3, 0.4) is 0 Å². The molecule has 4 rings (SSSR count). The second-order valence-corrected chi connectivity index (χ2v) is 5.86. The summed E-state index contributed by atoms with van der Waals surface area (Å²) >= 11 is 0. The quantitative estimate of drug-likeness (QED) is 0.249. The van der Waals surface area contributed by atoms with Gasteiger partial charge in [0, 0.05) is 29.1 Å². The van der Waals surface area contributed by atoms with Gasteiger partial charge in [-0.25, -0.2) is 0 Å². The van der Waals surface area contributed by atoms with Crippen molar-refractivity contribution in [3.63, 3.8) is 0 Å². The van der Waals surface area contributed by atoms with Gasteiger partial charge < -0.3 is 24.0 Å². The van der Waals surface area contributed by atoms with Crippen molar-refractivity contribution < 1.29 is 28.5 Å². The van der Waals surface area contributed by atoms with E-state index in [-0.39, 0.29) is 24.0 Å². The maximum Gasteiger partial charge on any atom is 0.214 e. The molecule has 2 heterocycles. The summed E-state index contributed by atoms with van der Waals surface area (Å²) in [5.41, 5.74) is 3.28. The summed E-state index contributed by atoms with van der Waals surface area (Å²) in [5, 5.41) is 19.7. The molecule has 4 nitrogen and oxygen atoms in total. The van der Waals surface area contributed by atoms with Crippen molar-refractivity contribution >= 4 is 21.8 Å². The Morgan fingerprint density at radius 1 is 0.929 bits per heavy atom. The number of hydrogen-bond acceptors (Lipinski definition) is 3. The number of rotatable bonds is 2. The van der Waals surface area contributed by atoms with Crippen molar-refractivity contribution in [2.45, 2.75) is 6.54 Å². The van der Waals surface area contributed by atoms with Gasteiger partial charge in [0.05, 0.1) is 28.8 Å². The fourth-order valence-electron chi connectivity index (χ4n) is 2.77. The van der Waals surface area contributed by atoms with Gasteiger partial charge in [-0.3, -0.25) is 4.98 Å². The molecule has 0 aliphatic heterocycles. The van der Waals surface area contributed by atoms with Crippen molar-refractivity contribution in [2.75, 3.05) is 0 Å². The Hall–Kier alpha value is -3.29. The molecule has 0 saturated heterocycles. The van der Waals surface area contributed by atoms with E-state index in [0.29, 0.717) is 11.1 Å². The van der Waals surface area contributed by atoms with Crippen LogP contribution in [0.2, 0.25) is 0 Å². The lowest BCUT2D eigenvalue weighted by atomic mass is 10.1. The molecule has 136 valence electrons. The lowest BCUT2D eigenvalue weighted by molar-refractivity contribution is -0.660. The number of hydrogen-bond donors (Lipinski definition) is 0. The molecule has 0 aliphatic carbocycles. The normalized spacial score (nSPS) is 9.36. The molecule has 0 amide bonds. The third kappa shape index (κ3) is 4.91. The molecule has 0 saturated carbocycles. The molecule has 0 atom stereocenters. The first-order valence-electron chi connectivity index (χ1n) is 8.43. The van der Waals surface area contributed by atoms with Gasteiger partial charge in [0.2, 0.25) is 5.52 Å². The van der Waals surface area contributed by atoms with E-state index in [1.807, 2.05) is 60.8 Å². The number of benzene rings is 2. The third-order valence-electron chi connectivity index (χ3n) is 4.07. The molecular formula is C23H17IN4. The van der Waals surface area contributed by atoms with E-state index in [2.05, 4.69) is 28.3 Å². The number of fused-ring (bicyclic) bond motifs is 2. The molecule has 0 N–H and O–H groups in total. The average molecular weight is 476 g/mol. The highest BCUT2D eigenvalue weighted by Gasteiger charge is 2.06. The number of nitriles is 2. The minimum absolute atomic E-state index is 0. The Bertz CT molecular complexity index is 1200. The predicted octanol–water partition coefficient (Wildman–Crippen LogP) is 1.30. The molecule has 0 unspecified atom stereocenters. The van der Waals surface area contributed by atoms with Crippen molar-refractivity contribution in [3.8, 4) is 12.1 Å².